The molecule has 1 saturated carbocycles. The molecule has 2 aliphatic rings. The highest BCUT2D eigenvalue weighted by Crippen LogP contribution is 2.23. The molecule has 1 aliphatic heterocycles. The molecule has 2 N–H and O–H groups in total. The summed E-state index contributed by atoms with van der Waals surface area (Å²) in [6.45, 7) is 0.984. The molecule has 0 radical (unpaired) electrons. The third-order valence-corrected chi connectivity index (χ3v) is 6.94. The van der Waals surface area contributed by atoms with Crippen molar-refractivity contribution in [2.75, 3.05) is 13.1 Å². The van der Waals surface area contributed by atoms with E-state index in [1.165, 1.54) is 24.3 Å². The van der Waals surface area contributed by atoms with Gasteiger partial charge in [0, 0.05) is 41.3 Å². The van der Waals surface area contributed by atoms with Crippen molar-refractivity contribution in [3.8, 4) is 0 Å². The number of halogens is 2. The minimum atomic E-state index is -0.393. The molecule has 0 bridgehead atoms. The molecule has 2 unspecified atom stereocenters. The Balaban J connectivity index is 1.36. The molecule has 1 saturated heterocycles. The number of carbonyl (C=O) groups excluding carboxylic acids is 3. The van der Waals surface area contributed by atoms with E-state index in [2.05, 4.69) is 10.6 Å². The summed E-state index contributed by atoms with van der Waals surface area (Å²) >= 11 is 5.92. The smallest absolute Gasteiger partial charge is 0.253 e. The summed E-state index contributed by atoms with van der Waals surface area (Å²) in [5.74, 6) is -1.14. The monoisotopic (exact) mass is 485 g/mol. The average Bonchev–Trinajstić information content (AvgIpc) is 2.85. The number of carbonyl (C=O) groups is 3. The van der Waals surface area contributed by atoms with Crippen molar-refractivity contribution in [2.45, 2.75) is 50.6 Å². The number of hydrogen-bond donors (Lipinski definition) is 2. The van der Waals surface area contributed by atoms with Crippen LogP contribution in [-0.4, -0.2) is 47.8 Å². The minimum absolute atomic E-state index is 0.0819. The van der Waals surface area contributed by atoms with Crippen LogP contribution in [0.5, 0.6) is 0 Å². The molecule has 0 aromatic heterocycles. The highest BCUT2D eigenvalue weighted by atomic mass is 35.5. The van der Waals surface area contributed by atoms with Crippen LogP contribution >= 0.6 is 11.6 Å². The van der Waals surface area contributed by atoms with E-state index < -0.39 is 5.82 Å². The Hall–Kier alpha value is -2.93. The number of hydrogen-bond acceptors (Lipinski definition) is 3. The van der Waals surface area contributed by atoms with Crippen molar-refractivity contribution in [3.05, 3.63) is 70.5 Å². The number of piperidine rings is 1. The number of rotatable bonds is 5. The van der Waals surface area contributed by atoms with Crippen molar-refractivity contribution >= 4 is 29.3 Å². The zero-order valence-corrected chi connectivity index (χ0v) is 19.7. The molecule has 2 aromatic carbocycles. The van der Waals surface area contributed by atoms with Gasteiger partial charge in [-0.25, -0.2) is 4.39 Å². The van der Waals surface area contributed by atoms with E-state index in [0.29, 0.717) is 29.2 Å². The average molecular weight is 486 g/mol. The summed E-state index contributed by atoms with van der Waals surface area (Å²) in [5, 5.41) is 6.73. The summed E-state index contributed by atoms with van der Waals surface area (Å²) in [6, 6.07) is 11.8. The third-order valence-electron chi connectivity index (χ3n) is 6.69. The van der Waals surface area contributed by atoms with Crippen LogP contribution in [-0.2, 0) is 4.79 Å². The van der Waals surface area contributed by atoms with Gasteiger partial charge in [0.1, 0.15) is 5.82 Å². The van der Waals surface area contributed by atoms with Crippen LogP contribution in [0.3, 0.4) is 0 Å². The fraction of sp³-hybridized carbons (Fsp3) is 0.423. The summed E-state index contributed by atoms with van der Waals surface area (Å²) in [7, 11) is 0. The number of benzene rings is 2. The van der Waals surface area contributed by atoms with E-state index in [4.69, 9.17) is 11.6 Å². The fourth-order valence-corrected chi connectivity index (χ4v) is 4.91. The van der Waals surface area contributed by atoms with E-state index in [0.717, 1.165) is 38.5 Å². The molecular formula is C26H29ClFN3O3. The molecule has 34 heavy (non-hydrogen) atoms. The molecule has 4 rings (SSSR count). The molecule has 1 heterocycles. The van der Waals surface area contributed by atoms with Gasteiger partial charge in [-0.2, -0.15) is 0 Å². The van der Waals surface area contributed by atoms with Gasteiger partial charge in [0.25, 0.3) is 11.8 Å². The van der Waals surface area contributed by atoms with E-state index in [1.807, 2.05) is 0 Å². The predicted octanol–water partition coefficient (Wildman–Crippen LogP) is 4.19. The molecule has 6 nitrogen and oxygen atoms in total. The first-order valence-electron chi connectivity index (χ1n) is 11.8. The number of nitrogens with zero attached hydrogens (tertiary/aromatic N) is 1. The molecule has 0 spiro atoms. The van der Waals surface area contributed by atoms with Crippen molar-refractivity contribution in [2.24, 2.45) is 5.92 Å². The third kappa shape index (κ3) is 5.95. The van der Waals surface area contributed by atoms with Crippen molar-refractivity contribution in [1.29, 1.82) is 0 Å². The maximum atomic E-state index is 13.2. The Morgan fingerprint density at radius 2 is 1.44 bits per heavy atom. The van der Waals surface area contributed by atoms with Gasteiger partial charge in [-0.1, -0.05) is 24.4 Å². The number of likely N-dealkylation sites (tertiary alicyclic amines) is 1. The normalized spacial score (nSPS) is 22.6. The quantitative estimate of drug-likeness (QED) is 0.666. The van der Waals surface area contributed by atoms with Crippen molar-refractivity contribution < 1.29 is 18.8 Å². The van der Waals surface area contributed by atoms with Gasteiger partial charge in [0.15, 0.2) is 0 Å². The number of nitrogens with one attached hydrogen (secondary N) is 2. The molecule has 180 valence electrons. The first-order valence-corrected chi connectivity index (χ1v) is 12.2. The zero-order chi connectivity index (χ0) is 24.1. The van der Waals surface area contributed by atoms with Crippen LogP contribution in [0, 0.1) is 11.7 Å². The number of amides is 3. The minimum Gasteiger partial charge on any atom is -0.351 e. The Labute approximate surface area is 203 Å². The maximum absolute atomic E-state index is 13.2. The Morgan fingerprint density at radius 3 is 2.12 bits per heavy atom. The molecule has 2 aromatic rings. The van der Waals surface area contributed by atoms with Gasteiger partial charge in [-0.15, -0.1) is 0 Å². The summed E-state index contributed by atoms with van der Waals surface area (Å²) in [6.07, 6.45) is 4.96. The summed E-state index contributed by atoms with van der Waals surface area (Å²) in [4.78, 5) is 40.4. The molecular weight excluding hydrogens is 457 g/mol. The largest absolute Gasteiger partial charge is 0.351 e. The van der Waals surface area contributed by atoms with Crippen LogP contribution in [0.25, 0.3) is 0 Å². The summed E-state index contributed by atoms with van der Waals surface area (Å²) in [5.41, 5.74) is 0.946. The molecule has 2 fully saturated rings. The molecule has 8 heteroatoms. The van der Waals surface area contributed by atoms with Crippen LogP contribution in [0.1, 0.15) is 59.2 Å². The summed E-state index contributed by atoms with van der Waals surface area (Å²) < 4.78 is 13.2. The van der Waals surface area contributed by atoms with Gasteiger partial charge in [-0.3, -0.25) is 14.4 Å². The molecule has 3 amide bonds. The standard InChI is InChI=1S/C26H29ClFN3O3/c27-20-11-7-18(8-12-20)26(34)31-15-3-4-19(16-31)25(33)30-23-6-2-1-5-22(23)29-24(32)17-9-13-21(28)14-10-17/h7-14,19,22-23H,1-6,15-16H2,(H,29,32)(H,30,33)/t19?,22-,23?/m1/s1. The fourth-order valence-electron chi connectivity index (χ4n) is 4.78. The highest BCUT2D eigenvalue weighted by molar-refractivity contribution is 6.30. The van der Waals surface area contributed by atoms with Gasteiger partial charge in [-0.05, 0) is 74.2 Å². The second-order valence-electron chi connectivity index (χ2n) is 9.08. The lowest BCUT2D eigenvalue weighted by molar-refractivity contribution is -0.127. The van der Waals surface area contributed by atoms with Gasteiger partial charge in [0.05, 0.1) is 5.92 Å². The van der Waals surface area contributed by atoms with E-state index in [9.17, 15) is 18.8 Å². The van der Waals surface area contributed by atoms with E-state index >= 15 is 0 Å². The lowest BCUT2D eigenvalue weighted by atomic mass is 9.88. The van der Waals surface area contributed by atoms with Gasteiger partial charge < -0.3 is 15.5 Å². The van der Waals surface area contributed by atoms with Gasteiger partial charge in [0.2, 0.25) is 5.91 Å². The van der Waals surface area contributed by atoms with Crippen molar-refractivity contribution in [3.63, 3.8) is 0 Å². The Bertz CT molecular complexity index is 1030. The lowest BCUT2D eigenvalue weighted by Crippen LogP contribution is -2.55. The Morgan fingerprint density at radius 1 is 0.824 bits per heavy atom. The van der Waals surface area contributed by atoms with Crippen molar-refractivity contribution in [1.82, 2.24) is 15.5 Å². The first-order chi connectivity index (χ1) is 16.4. The highest BCUT2D eigenvalue weighted by Gasteiger charge is 2.33. The molecule has 3 atom stereocenters. The van der Waals surface area contributed by atoms with Crippen LogP contribution in [0.4, 0.5) is 4.39 Å². The second kappa shape index (κ2) is 11.0. The first kappa shape index (κ1) is 24.2. The van der Waals surface area contributed by atoms with E-state index in [-0.39, 0.29) is 35.7 Å². The van der Waals surface area contributed by atoms with E-state index in [1.54, 1.807) is 29.2 Å². The SMILES string of the molecule is O=C(N[C@@H]1CCCCC1NC(=O)C1CCCN(C(=O)c2ccc(Cl)cc2)C1)c1ccc(F)cc1. The predicted molar refractivity (Wildman–Crippen MR) is 128 cm³/mol. The lowest BCUT2D eigenvalue weighted by Gasteiger charge is -2.36. The Kier molecular flexibility index (Phi) is 7.83. The topological polar surface area (TPSA) is 78.5 Å². The second-order valence-corrected chi connectivity index (χ2v) is 9.52. The molecule has 1 aliphatic carbocycles. The van der Waals surface area contributed by atoms with Gasteiger partial charge >= 0.3 is 0 Å². The van der Waals surface area contributed by atoms with Crippen LogP contribution in [0.15, 0.2) is 48.5 Å². The maximum Gasteiger partial charge on any atom is 0.253 e. The zero-order valence-electron chi connectivity index (χ0n) is 18.9. The van der Waals surface area contributed by atoms with Crippen LogP contribution < -0.4 is 10.6 Å². The van der Waals surface area contributed by atoms with Crippen LogP contribution in [0.2, 0.25) is 5.02 Å².